The Labute approximate surface area is 570 Å². The van der Waals surface area contributed by atoms with Crippen LogP contribution < -0.4 is 0 Å². The summed E-state index contributed by atoms with van der Waals surface area (Å²) < 4.78 is 9.73. The van der Waals surface area contributed by atoms with Gasteiger partial charge in [0.15, 0.2) is 5.82 Å². The molecule has 15 aromatic carbocycles. The molecule has 0 atom stereocenters. The standard InChI is InChI=1S/C92H52N8/c1-3-20-53(21-4-1)58-44-46-81-69(48-58)74-52-72-63-26-10-16-35-78(63)100(89(72)84-67-30-12-18-37-80(67)98(81)87(74)84)92-94-75-32-13-7-27-64(75)85(95-92)60-43-42-55-24-19-31-61(68(55)50-60)56-40-38-54(39-41-56)59-45-47-82-70(49-59)73-51-71-62-25-9-15-34-77(62)99(88(71)83-66-29-11-17-36-79(66)97(82)86(73)83)91-65-28-8-14-33-76(65)93-90(96-91)57-22-5-2-6-23-57/h1-52H. The average molecular weight is 1270 g/mol. The Balaban J connectivity index is 0.665. The summed E-state index contributed by atoms with van der Waals surface area (Å²) in [5.74, 6) is 2.20. The van der Waals surface area contributed by atoms with Crippen molar-refractivity contribution in [3.8, 4) is 67.8 Å². The minimum Gasteiger partial charge on any atom is -0.308 e. The lowest BCUT2D eigenvalue weighted by molar-refractivity contribution is 1.02. The van der Waals surface area contributed by atoms with Crippen molar-refractivity contribution in [3.05, 3.63) is 315 Å². The molecule has 0 unspecified atom stereocenters. The minimum atomic E-state index is 0.633. The van der Waals surface area contributed by atoms with Gasteiger partial charge in [0.05, 0.1) is 71.9 Å². The van der Waals surface area contributed by atoms with Crippen LogP contribution in [0.4, 0.5) is 0 Å². The number of para-hydroxylation sites is 6. The highest BCUT2D eigenvalue weighted by atomic mass is 15.2. The molecule has 23 aromatic rings. The van der Waals surface area contributed by atoms with Gasteiger partial charge in [-0.05, 0) is 129 Å². The van der Waals surface area contributed by atoms with Crippen LogP contribution in [0.15, 0.2) is 315 Å². The summed E-state index contributed by atoms with van der Waals surface area (Å²) in [6.07, 6.45) is 0. The van der Waals surface area contributed by atoms with Gasteiger partial charge in [-0.3, -0.25) is 9.13 Å². The summed E-state index contributed by atoms with van der Waals surface area (Å²) in [5.41, 5.74) is 23.2. The van der Waals surface area contributed by atoms with Gasteiger partial charge in [0.1, 0.15) is 5.82 Å². The summed E-state index contributed by atoms with van der Waals surface area (Å²) in [6.45, 7) is 0. The maximum absolute atomic E-state index is 5.75. The Morgan fingerprint density at radius 3 is 1.30 bits per heavy atom. The predicted octanol–water partition coefficient (Wildman–Crippen LogP) is 23.6. The molecule has 8 nitrogen and oxygen atoms in total. The molecule has 460 valence electrons. The molecule has 0 radical (unpaired) electrons. The van der Waals surface area contributed by atoms with Gasteiger partial charge in [-0.15, -0.1) is 0 Å². The lowest BCUT2D eigenvalue weighted by Crippen LogP contribution is -2.03. The Hall–Kier alpha value is -13.6. The molecule has 0 amide bonds. The summed E-state index contributed by atoms with van der Waals surface area (Å²) >= 11 is 0. The first-order chi connectivity index (χ1) is 49.6. The second kappa shape index (κ2) is 20.0. The van der Waals surface area contributed by atoms with Crippen LogP contribution in [0.5, 0.6) is 0 Å². The van der Waals surface area contributed by atoms with Crippen molar-refractivity contribution in [3.63, 3.8) is 0 Å². The number of rotatable bonds is 7. The van der Waals surface area contributed by atoms with Gasteiger partial charge in [0, 0.05) is 86.5 Å². The van der Waals surface area contributed by atoms with E-state index < -0.39 is 0 Å². The van der Waals surface area contributed by atoms with E-state index in [0.29, 0.717) is 11.8 Å². The van der Waals surface area contributed by atoms with Gasteiger partial charge < -0.3 is 8.80 Å². The molecule has 0 aliphatic carbocycles. The van der Waals surface area contributed by atoms with Crippen molar-refractivity contribution in [2.24, 2.45) is 0 Å². The van der Waals surface area contributed by atoms with Crippen molar-refractivity contribution < 1.29 is 0 Å². The van der Waals surface area contributed by atoms with Crippen LogP contribution in [-0.2, 0) is 0 Å². The summed E-state index contributed by atoms with van der Waals surface area (Å²) in [6, 6.07) is 115. The third-order valence-electron chi connectivity index (χ3n) is 21.6. The van der Waals surface area contributed by atoms with Gasteiger partial charge in [0.25, 0.3) is 0 Å². The fraction of sp³-hybridized carbons (Fsp3) is 0. The molecule has 0 bridgehead atoms. The van der Waals surface area contributed by atoms with Crippen molar-refractivity contribution >= 4 is 152 Å². The lowest BCUT2D eigenvalue weighted by Gasteiger charge is -2.14. The zero-order valence-corrected chi connectivity index (χ0v) is 53.6. The number of hydrogen-bond donors (Lipinski definition) is 0. The van der Waals surface area contributed by atoms with E-state index in [9.17, 15) is 0 Å². The quantitative estimate of drug-likeness (QED) is 0.159. The lowest BCUT2D eigenvalue weighted by atomic mass is 9.94. The third-order valence-corrected chi connectivity index (χ3v) is 21.6. The molecule has 8 heteroatoms. The van der Waals surface area contributed by atoms with E-state index >= 15 is 0 Å². The van der Waals surface area contributed by atoms with E-state index in [1.165, 1.54) is 103 Å². The first kappa shape index (κ1) is 53.7. The molecule has 8 aromatic heterocycles. The Morgan fingerprint density at radius 1 is 0.220 bits per heavy atom. The molecule has 23 rings (SSSR count). The topological polar surface area (TPSA) is 70.2 Å². The number of aromatic nitrogens is 8. The van der Waals surface area contributed by atoms with Crippen LogP contribution in [-0.4, -0.2) is 37.9 Å². The minimum absolute atomic E-state index is 0.633. The molecule has 0 spiro atoms. The molecule has 0 aliphatic rings. The van der Waals surface area contributed by atoms with E-state index in [4.69, 9.17) is 19.9 Å². The largest absolute Gasteiger partial charge is 0.308 e. The van der Waals surface area contributed by atoms with Crippen molar-refractivity contribution in [2.45, 2.75) is 0 Å². The van der Waals surface area contributed by atoms with E-state index in [-0.39, 0.29) is 0 Å². The predicted molar refractivity (Wildman–Crippen MR) is 415 cm³/mol. The van der Waals surface area contributed by atoms with Crippen LogP contribution in [0.2, 0.25) is 0 Å². The van der Waals surface area contributed by atoms with Crippen LogP contribution >= 0.6 is 0 Å². The third kappa shape index (κ3) is 7.32. The first-order valence-corrected chi connectivity index (χ1v) is 34.2. The van der Waals surface area contributed by atoms with Gasteiger partial charge in [-0.1, -0.05) is 231 Å². The number of benzene rings is 15. The zero-order chi connectivity index (χ0) is 65.0. The molecule has 0 N–H and O–H groups in total. The van der Waals surface area contributed by atoms with E-state index in [1.807, 2.05) is 6.07 Å². The summed E-state index contributed by atoms with van der Waals surface area (Å²) in [7, 11) is 0. The SMILES string of the molecule is c1ccc(-c2ccc3c(c2)c2cc4c5ccccc5n(-c5nc(-c6ccc7cccc(-c8ccc(-c9ccc%10c(c9)c9cc%11c%12ccccc%12n(-c%12nc(-c%13ccccc%13)nc%13ccccc%12%13)c%11c%11c%12ccccc%12n%10c9%11)cc8)c7c6)c6ccccc6n5)c4c4c5ccccc5n3c24)cc1. The highest BCUT2D eigenvalue weighted by Gasteiger charge is 2.29. The second-order valence-corrected chi connectivity index (χ2v) is 26.8. The molecular weight excluding hydrogens is 1220 g/mol. The van der Waals surface area contributed by atoms with E-state index in [2.05, 4.69) is 327 Å². The van der Waals surface area contributed by atoms with Gasteiger partial charge in [0.2, 0.25) is 5.95 Å². The molecular formula is C92H52N8. The first-order valence-electron chi connectivity index (χ1n) is 34.2. The van der Waals surface area contributed by atoms with E-state index in [0.717, 1.165) is 105 Å². The number of hydrogen-bond acceptors (Lipinski definition) is 4. The fourth-order valence-corrected chi connectivity index (χ4v) is 17.3. The fourth-order valence-electron chi connectivity index (χ4n) is 17.3. The highest BCUT2D eigenvalue weighted by molar-refractivity contribution is 6.36. The zero-order valence-electron chi connectivity index (χ0n) is 53.6. The van der Waals surface area contributed by atoms with Gasteiger partial charge >= 0.3 is 0 Å². The van der Waals surface area contributed by atoms with Gasteiger partial charge in [-0.25, -0.2) is 19.9 Å². The number of nitrogens with zero attached hydrogens (tertiary/aromatic N) is 8. The maximum Gasteiger partial charge on any atom is 0.235 e. The van der Waals surface area contributed by atoms with Crippen LogP contribution in [0, 0.1) is 0 Å². The Bertz CT molecular complexity index is 7440. The van der Waals surface area contributed by atoms with E-state index in [1.54, 1.807) is 0 Å². The van der Waals surface area contributed by atoms with Crippen LogP contribution in [0.1, 0.15) is 0 Å². The Morgan fingerprint density at radius 2 is 0.670 bits per heavy atom. The smallest absolute Gasteiger partial charge is 0.235 e. The van der Waals surface area contributed by atoms with Gasteiger partial charge in [-0.2, -0.15) is 0 Å². The average Bonchev–Trinajstić information content (AvgIpc) is 1.52. The molecule has 100 heavy (non-hydrogen) atoms. The van der Waals surface area contributed by atoms with Crippen LogP contribution in [0.25, 0.3) is 220 Å². The molecule has 0 fully saturated rings. The highest BCUT2D eigenvalue weighted by Crippen LogP contribution is 2.50. The number of fused-ring (bicyclic) bond motifs is 23. The van der Waals surface area contributed by atoms with Crippen LogP contribution in [0.3, 0.4) is 0 Å². The molecule has 0 aliphatic heterocycles. The van der Waals surface area contributed by atoms with Crippen molar-refractivity contribution in [2.75, 3.05) is 0 Å². The monoisotopic (exact) mass is 1270 g/mol. The molecule has 0 saturated carbocycles. The molecule has 0 saturated heterocycles. The second-order valence-electron chi connectivity index (χ2n) is 26.8. The molecule has 8 heterocycles. The Kier molecular flexibility index (Phi) is 10.7. The van der Waals surface area contributed by atoms with Crippen molar-refractivity contribution in [1.82, 2.24) is 37.9 Å². The van der Waals surface area contributed by atoms with Crippen molar-refractivity contribution in [1.29, 1.82) is 0 Å². The summed E-state index contributed by atoms with van der Waals surface area (Å²) in [5, 5.41) is 18.7. The summed E-state index contributed by atoms with van der Waals surface area (Å²) in [4.78, 5) is 21.9. The maximum atomic E-state index is 5.75. The normalized spacial score (nSPS) is 12.4.